The third kappa shape index (κ3) is 4.09. The van der Waals surface area contributed by atoms with E-state index in [-0.39, 0.29) is 31.2 Å². The van der Waals surface area contributed by atoms with Gasteiger partial charge >= 0.3 is 0 Å². The molecule has 25 heavy (non-hydrogen) atoms. The lowest BCUT2D eigenvalue weighted by Crippen LogP contribution is -2.37. The summed E-state index contributed by atoms with van der Waals surface area (Å²) < 4.78 is 55.7. The van der Waals surface area contributed by atoms with Gasteiger partial charge < -0.3 is 9.64 Å². The molecule has 1 aliphatic heterocycles. The molecule has 1 unspecified atom stereocenters. The van der Waals surface area contributed by atoms with Crippen LogP contribution in [0.1, 0.15) is 23.2 Å². The van der Waals surface area contributed by atoms with Crippen molar-refractivity contribution in [3.63, 3.8) is 0 Å². The molecule has 1 amide bonds. The molecule has 0 radical (unpaired) electrons. The number of carbonyl (C=O) groups is 1. The van der Waals surface area contributed by atoms with Crippen LogP contribution < -0.4 is 4.74 Å². The quantitative estimate of drug-likeness (QED) is 0.758. The van der Waals surface area contributed by atoms with Gasteiger partial charge in [-0.3, -0.25) is 4.79 Å². The molecule has 6 nitrogen and oxygen atoms in total. The Balaban J connectivity index is 1.53. The first kappa shape index (κ1) is 18.1. The van der Waals surface area contributed by atoms with Gasteiger partial charge in [-0.2, -0.15) is 0 Å². The summed E-state index contributed by atoms with van der Waals surface area (Å²) in [4.78, 5) is 13.8. The molecular formula is C16H20F2N2O4S. The van der Waals surface area contributed by atoms with E-state index < -0.39 is 22.0 Å². The molecule has 0 bridgehead atoms. The molecule has 1 aromatic carbocycles. The smallest absolute Gasteiger partial charge is 0.288 e. The molecule has 1 aliphatic carbocycles. The van der Waals surface area contributed by atoms with Gasteiger partial charge in [0.25, 0.3) is 11.8 Å². The summed E-state index contributed by atoms with van der Waals surface area (Å²) in [6.45, 7) is 1.04. The first-order chi connectivity index (χ1) is 11.7. The first-order valence-corrected chi connectivity index (χ1v) is 9.68. The topological polar surface area (TPSA) is 66.9 Å². The normalized spacial score (nSPS) is 24.0. The third-order valence-corrected chi connectivity index (χ3v) is 6.34. The van der Waals surface area contributed by atoms with E-state index in [2.05, 4.69) is 0 Å². The van der Waals surface area contributed by atoms with Gasteiger partial charge in [0.1, 0.15) is 5.75 Å². The number of rotatable bonds is 6. The number of alkyl halides is 2. The summed E-state index contributed by atoms with van der Waals surface area (Å²) in [5, 5.41) is 0. The lowest BCUT2D eigenvalue weighted by Gasteiger charge is -2.21. The molecule has 1 aromatic rings. The van der Waals surface area contributed by atoms with Crippen LogP contribution in [0.25, 0.3) is 0 Å². The largest absolute Gasteiger partial charge is 0.484 e. The minimum absolute atomic E-state index is 0.159. The van der Waals surface area contributed by atoms with Crippen LogP contribution in [0.15, 0.2) is 24.3 Å². The summed E-state index contributed by atoms with van der Waals surface area (Å²) in [6.07, 6.45) is -0.753. The highest BCUT2D eigenvalue weighted by Gasteiger charge is 2.59. The lowest BCUT2D eigenvalue weighted by molar-refractivity contribution is 0.0664. The van der Waals surface area contributed by atoms with Crippen LogP contribution >= 0.6 is 0 Å². The summed E-state index contributed by atoms with van der Waals surface area (Å²) >= 11 is 0. The Morgan fingerprint density at radius 3 is 2.52 bits per heavy atom. The number of hydrogen-bond acceptors (Lipinski definition) is 4. The van der Waals surface area contributed by atoms with Crippen molar-refractivity contribution in [1.29, 1.82) is 0 Å². The van der Waals surface area contributed by atoms with Crippen molar-refractivity contribution in [2.24, 2.45) is 0 Å². The number of ether oxygens (including phenoxy) is 1. The maximum absolute atomic E-state index is 12.8. The van der Waals surface area contributed by atoms with Crippen LogP contribution in [0.4, 0.5) is 8.78 Å². The van der Waals surface area contributed by atoms with E-state index in [1.54, 1.807) is 7.05 Å². The molecule has 0 aromatic heterocycles. The fraction of sp³-hybridized carbons (Fsp3) is 0.562. The standard InChI is InChI=1S/C16H20F2N2O4S/c1-19(8-9-20-7-2-10-25(20,22)23)15(21)12-3-5-13(6-4-12)24-14-11-16(14,17)18/h3-6,14H,2,7-11H2,1H3. The first-order valence-electron chi connectivity index (χ1n) is 8.07. The second-order valence-electron chi connectivity index (χ2n) is 6.39. The van der Waals surface area contributed by atoms with Gasteiger partial charge in [-0.05, 0) is 30.7 Å². The van der Waals surface area contributed by atoms with Gasteiger partial charge in [0.05, 0.1) is 12.2 Å². The molecule has 1 heterocycles. The summed E-state index contributed by atoms with van der Waals surface area (Å²) in [5.74, 6) is -2.57. The van der Waals surface area contributed by atoms with Crippen molar-refractivity contribution in [3.05, 3.63) is 29.8 Å². The molecule has 2 fully saturated rings. The molecule has 1 saturated heterocycles. The summed E-state index contributed by atoms with van der Waals surface area (Å²) in [7, 11) is -1.58. The monoisotopic (exact) mass is 374 g/mol. The number of nitrogens with zero attached hydrogens (tertiary/aromatic N) is 2. The van der Waals surface area contributed by atoms with E-state index in [0.29, 0.717) is 24.3 Å². The summed E-state index contributed by atoms with van der Waals surface area (Å²) in [6, 6.07) is 6.00. The number of benzene rings is 1. The van der Waals surface area contributed by atoms with Crippen molar-refractivity contribution in [2.45, 2.75) is 24.9 Å². The van der Waals surface area contributed by atoms with E-state index in [9.17, 15) is 22.0 Å². The highest BCUT2D eigenvalue weighted by atomic mass is 32.2. The predicted octanol–water partition coefficient (Wildman–Crippen LogP) is 1.58. The lowest BCUT2D eigenvalue weighted by atomic mass is 10.2. The van der Waals surface area contributed by atoms with E-state index in [1.165, 1.54) is 33.5 Å². The minimum atomic E-state index is -3.18. The zero-order chi connectivity index (χ0) is 18.2. The fourth-order valence-corrected chi connectivity index (χ4v) is 4.20. The molecule has 0 spiro atoms. The van der Waals surface area contributed by atoms with Crippen LogP contribution in [0.3, 0.4) is 0 Å². The Bertz CT molecular complexity index is 752. The van der Waals surface area contributed by atoms with Crippen LogP contribution in [0.5, 0.6) is 5.75 Å². The molecule has 1 saturated carbocycles. The van der Waals surface area contributed by atoms with Gasteiger partial charge in [-0.15, -0.1) is 0 Å². The second kappa shape index (κ2) is 6.53. The van der Waals surface area contributed by atoms with Gasteiger partial charge in [0, 0.05) is 32.2 Å². The molecule has 2 aliphatic rings. The van der Waals surface area contributed by atoms with E-state index in [1.807, 2.05) is 0 Å². The average Bonchev–Trinajstić information content (AvgIpc) is 3.00. The number of halogens is 2. The maximum Gasteiger partial charge on any atom is 0.288 e. The van der Waals surface area contributed by atoms with Crippen molar-refractivity contribution in [3.8, 4) is 5.75 Å². The third-order valence-electron chi connectivity index (χ3n) is 4.38. The Morgan fingerprint density at radius 2 is 2.00 bits per heavy atom. The Kier molecular flexibility index (Phi) is 4.72. The molecule has 0 N–H and O–H groups in total. The van der Waals surface area contributed by atoms with E-state index in [0.717, 1.165) is 0 Å². The number of sulfonamides is 1. The number of hydrogen-bond donors (Lipinski definition) is 0. The number of carbonyl (C=O) groups excluding carboxylic acids is 1. The average molecular weight is 374 g/mol. The maximum atomic E-state index is 12.8. The SMILES string of the molecule is CN(CCN1CCCS1(=O)=O)C(=O)c1ccc(OC2CC2(F)F)cc1. The molecule has 138 valence electrons. The molecule has 3 rings (SSSR count). The van der Waals surface area contributed by atoms with Crippen molar-refractivity contribution in [1.82, 2.24) is 9.21 Å². The van der Waals surface area contributed by atoms with Gasteiger partial charge in [-0.25, -0.2) is 21.5 Å². The van der Waals surface area contributed by atoms with Crippen LogP contribution in [0, 0.1) is 0 Å². The van der Waals surface area contributed by atoms with Gasteiger partial charge in [0.2, 0.25) is 10.0 Å². The predicted molar refractivity (Wildman–Crippen MR) is 87.4 cm³/mol. The van der Waals surface area contributed by atoms with Crippen molar-refractivity contribution < 1.29 is 26.7 Å². The van der Waals surface area contributed by atoms with Crippen molar-refractivity contribution >= 4 is 15.9 Å². The van der Waals surface area contributed by atoms with E-state index in [4.69, 9.17) is 4.74 Å². The number of likely N-dealkylation sites (N-methyl/N-ethyl adjacent to an activating group) is 1. The van der Waals surface area contributed by atoms with Crippen LogP contribution in [-0.2, 0) is 10.0 Å². The highest BCUT2D eigenvalue weighted by Crippen LogP contribution is 2.44. The van der Waals surface area contributed by atoms with Gasteiger partial charge in [0.15, 0.2) is 6.10 Å². The fourth-order valence-electron chi connectivity index (χ4n) is 2.68. The highest BCUT2D eigenvalue weighted by molar-refractivity contribution is 7.89. The number of amides is 1. The molecule has 9 heteroatoms. The minimum Gasteiger partial charge on any atom is -0.484 e. The zero-order valence-electron chi connectivity index (χ0n) is 13.8. The molecular weight excluding hydrogens is 354 g/mol. The second-order valence-corrected chi connectivity index (χ2v) is 8.48. The van der Waals surface area contributed by atoms with Crippen LogP contribution in [0.2, 0.25) is 0 Å². The Morgan fingerprint density at radius 1 is 1.36 bits per heavy atom. The zero-order valence-corrected chi connectivity index (χ0v) is 14.6. The Labute approximate surface area is 145 Å². The molecule has 1 atom stereocenters. The van der Waals surface area contributed by atoms with E-state index >= 15 is 0 Å². The summed E-state index contributed by atoms with van der Waals surface area (Å²) in [5.41, 5.74) is 0.390. The van der Waals surface area contributed by atoms with Gasteiger partial charge in [-0.1, -0.05) is 0 Å². The van der Waals surface area contributed by atoms with Crippen molar-refractivity contribution in [2.75, 3.05) is 32.4 Å². The van der Waals surface area contributed by atoms with Crippen LogP contribution in [-0.4, -0.2) is 68.0 Å². The Hall–Kier alpha value is -1.74.